The van der Waals surface area contributed by atoms with Gasteiger partial charge in [-0.1, -0.05) is 12.1 Å². The highest BCUT2D eigenvalue weighted by atomic mass is 16.5. The molecule has 0 bridgehead atoms. The molecule has 0 atom stereocenters. The number of aryl methyl sites for hydroxylation is 1. The molecular weight excluding hydrogens is 216 g/mol. The van der Waals surface area contributed by atoms with Crippen LogP contribution in [0.1, 0.15) is 17.4 Å². The van der Waals surface area contributed by atoms with Gasteiger partial charge in [0, 0.05) is 12.1 Å². The van der Waals surface area contributed by atoms with Crippen LogP contribution in [0.5, 0.6) is 5.75 Å². The molecule has 0 fully saturated rings. The Morgan fingerprint density at radius 1 is 1.41 bits per heavy atom. The largest absolute Gasteiger partial charge is 0.496 e. The molecule has 0 unspecified atom stereocenters. The topological polar surface area (TPSA) is 44.1 Å². The first-order valence-corrected chi connectivity index (χ1v) is 5.46. The quantitative estimate of drug-likeness (QED) is 0.757. The Bertz CT molecular complexity index is 532. The van der Waals surface area contributed by atoms with Crippen molar-refractivity contribution < 1.29 is 9.53 Å². The van der Waals surface area contributed by atoms with Gasteiger partial charge >= 0.3 is 0 Å². The predicted molar refractivity (Wildman–Crippen MR) is 65.3 cm³/mol. The Balaban J connectivity index is 2.58. The molecule has 4 heteroatoms. The van der Waals surface area contributed by atoms with E-state index < -0.39 is 0 Å². The van der Waals surface area contributed by atoms with Crippen molar-refractivity contribution in [1.29, 1.82) is 0 Å². The predicted octanol–water partition coefficient (Wildman–Crippen LogP) is 2.39. The van der Waals surface area contributed by atoms with Crippen LogP contribution in [0.4, 0.5) is 0 Å². The van der Waals surface area contributed by atoms with Crippen molar-refractivity contribution in [2.24, 2.45) is 0 Å². The normalized spacial score (nSPS) is 10.2. The van der Waals surface area contributed by atoms with E-state index in [-0.39, 0.29) is 0 Å². The van der Waals surface area contributed by atoms with E-state index in [1.54, 1.807) is 17.9 Å². The lowest BCUT2D eigenvalue weighted by Gasteiger charge is -2.09. The third-order valence-corrected chi connectivity index (χ3v) is 2.60. The Labute approximate surface area is 99.8 Å². The fourth-order valence-electron chi connectivity index (χ4n) is 1.81. The van der Waals surface area contributed by atoms with Gasteiger partial charge in [-0.15, -0.1) is 0 Å². The average molecular weight is 230 g/mol. The molecule has 0 aliphatic rings. The van der Waals surface area contributed by atoms with E-state index >= 15 is 0 Å². The van der Waals surface area contributed by atoms with E-state index in [9.17, 15) is 4.79 Å². The number of methoxy groups -OCH3 is 1. The lowest BCUT2D eigenvalue weighted by molar-refractivity contribution is 0.111. The summed E-state index contributed by atoms with van der Waals surface area (Å²) in [6, 6.07) is 9.47. The van der Waals surface area contributed by atoms with Crippen LogP contribution in [0, 0.1) is 0 Å². The van der Waals surface area contributed by atoms with Gasteiger partial charge in [0.1, 0.15) is 11.4 Å². The molecule has 2 rings (SSSR count). The minimum absolute atomic E-state index is 0.438. The second-order valence-corrected chi connectivity index (χ2v) is 3.59. The van der Waals surface area contributed by atoms with Gasteiger partial charge in [0.2, 0.25) is 0 Å². The van der Waals surface area contributed by atoms with Crippen LogP contribution in [0.25, 0.3) is 11.3 Å². The maximum absolute atomic E-state index is 10.8. The summed E-state index contributed by atoms with van der Waals surface area (Å²) < 4.78 is 7.11. The zero-order valence-corrected chi connectivity index (χ0v) is 9.88. The second kappa shape index (κ2) is 4.82. The minimum atomic E-state index is 0.438. The van der Waals surface area contributed by atoms with Crippen LogP contribution in [0.15, 0.2) is 30.3 Å². The van der Waals surface area contributed by atoms with Crippen molar-refractivity contribution in [2.45, 2.75) is 13.5 Å². The van der Waals surface area contributed by atoms with Gasteiger partial charge in [0.15, 0.2) is 6.29 Å². The van der Waals surface area contributed by atoms with E-state index in [2.05, 4.69) is 5.10 Å². The Kier molecular flexibility index (Phi) is 3.23. The summed E-state index contributed by atoms with van der Waals surface area (Å²) in [5, 5.41) is 4.19. The molecule has 0 amide bonds. The summed E-state index contributed by atoms with van der Waals surface area (Å²) >= 11 is 0. The fraction of sp³-hybridized carbons (Fsp3) is 0.231. The molecule has 1 aromatic heterocycles. The number of nitrogens with zero attached hydrogens (tertiary/aromatic N) is 2. The number of ether oxygens (including phenoxy) is 1. The number of hydrogen-bond acceptors (Lipinski definition) is 3. The highest BCUT2D eigenvalue weighted by Gasteiger charge is 2.12. The summed E-state index contributed by atoms with van der Waals surface area (Å²) in [6.07, 6.45) is 0.755. The lowest BCUT2D eigenvalue weighted by Crippen LogP contribution is -2.00. The van der Waals surface area contributed by atoms with Crippen LogP contribution in [-0.2, 0) is 6.54 Å². The van der Waals surface area contributed by atoms with Crippen molar-refractivity contribution in [2.75, 3.05) is 7.11 Å². The van der Waals surface area contributed by atoms with Gasteiger partial charge in [0.05, 0.1) is 12.8 Å². The van der Waals surface area contributed by atoms with E-state index in [4.69, 9.17) is 4.74 Å². The summed E-state index contributed by atoms with van der Waals surface area (Å²) in [6.45, 7) is 2.70. The SMILES string of the molecule is CCn1nc(C=O)cc1-c1ccccc1OC. The Morgan fingerprint density at radius 3 is 2.82 bits per heavy atom. The smallest absolute Gasteiger partial charge is 0.170 e. The standard InChI is InChI=1S/C13H14N2O2/c1-3-15-12(8-10(9-16)14-15)11-6-4-5-7-13(11)17-2/h4-9H,3H2,1-2H3. The van der Waals surface area contributed by atoms with E-state index in [1.165, 1.54) is 0 Å². The third-order valence-electron chi connectivity index (χ3n) is 2.60. The van der Waals surface area contributed by atoms with Crippen LogP contribution < -0.4 is 4.74 Å². The molecular formula is C13H14N2O2. The maximum atomic E-state index is 10.8. The van der Waals surface area contributed by atoms with Gasteiger partial charge in [0.25, 0.3) is 0 Å². The van der Waals surface area contributed by atoms with Gasteiger partial charge in [-0.05, 0) is 25.1 Å². The lowest BCUT2D eigenvalue weighted by atomic mass is 10.1. The summed E-state index contributed by atoms with van der Waals surface area (Å²) in [5.41, 5.74) is 2.28. The van der Waals surface area contributed by atoms with Gasteiger partial charge in [-0.2, -0.15) is 5.10 Å². The molecule has 88 valence electrons. The number of carbonyl (C=O) groups is 1. The zero-order chi connectivity index (χ0) is 12.3. The average Bonchev–Trinajstić information content (AvgIpc) is 2.81. The van der Waals surface area contributed by atoms with Crippen molar-refractivity contribution >= 4 is 6.29 Å². The van der Waals surface area contributed by atoms with Crippen molar-refractivity contribution in [3.63, 3.8) is 0 Å². The second-order valence-electron chi connectivity index (χ2n) is 3.59. The van der Waals surface area contributed by atoms with E-state index in [0.717, 1.165) is 23.3 Å². The number of benzene rings is 1. The van der Waals surface area contributed by atoms with Crippen LogP contribution in [0.3, 0.4) is 0 Å². The summed E-state index contributed by atoms with van der Waals surface area (Å²) in [4.78, 5) is 10.8. The molecule has 0 spiro atoms. The minimum Gasteiger partial charge on any atom is -0.496 e. The molecule has 1 heterocycles. The Hall–Kier alpha value is -2.10. The van der Waals surface area contributed by atoms with Crippen LogP contribution in [0.2, 0.25) is 0 Å². The molecule has 0 radical (unpaired) electrons. The highest BCUT2D eigenvalue weighted by Crippen LogP contribution is 2.29. The number of carbonyl (C=O) groups excluding carboxylic acids is 1. The molecule has 2 aromatic rings. The molecule has 4 nitrogen and oxygen atoms in total. The van der Waals surface area contributed by atoms with Crippen LogP contribution in [-0.4, -0.2) is 23.2 Å². The molecule has 17 heavy (non-hydrogen) atoms. The highest BCUT2D eigenvalue weighted by molar-refractivity contribution is 5.77. The number of aldehydes is 1. The van der Waals surface area contributed by atoms with Crippen LogP contribution >= 0.6 is 0 Å². The molecule has 0 aliphatic heterocycles. The van der Waals surface area contributed by atoms with Crippen molar-refractivity contribution in [1.82, 2.24) is 9.78 Å². The van der Waals surface area contributed by atoms with E-state index in [1.807, 2.05) is 31.2 Å². The zero-order valence-electron chi connectivity index (χ0n) is 9.88. The first-order chi connectivity index (χ1) is 8.30. The van der Waals surface area contributed by atoms with Gasteiger partial charge < -0.3 is 4.74 Å². The molecule has 0 saturated heterocycles. The van der Waals surface area contributed by atoms with E-state index in [0.29, 0.717) is 12.2 Å². The van der Waals surface area contributed by atoms with Crippen molar-refractivity contribution in [3.8, 4) is 17.0 Å². The Morgan fingerprint density at radius 2 is 2.18 bits per heavy atom. The van der Waals surface area contributed by atoms with Gasteiger partial charge in [-0.25, -0.2) is 0 Å². The van der Waals surface area contributed by atoms with Crippen molar-refractivity contribution in [3.05, 3.63) is 36.0 Å². The number of hydrogen-bond donors (Lipinski definition) is 0. The monoisotopic (exact) mass is 230 g/mol. The fourth-order valence-corrected chi connectivity index (χ4v) is 1.81. The number of rotatable bonds is 4. The summed E-state index contributed by atoms with van der Waals surface area (Å²) in [5.74, 6) is 0.777. The number of aromatic nitrogens is 2. The van der Waals surface area contributed by atoms with Gasteiger partial charge in [-0.3, -0.25) is 9.48 Å². The number of para-hydroxylation sites is 1. The third kappa shape index (κ3) is 2.06. The molecule has 1 aromatic carbocycles. The first-order valence-electron chi connectivity index (χ1n) is 5.46. The maximum Gasteiger partial charge on any atom is 0.170 e. The summed E-state index contributed by atoms with van der Waals surface area (Å²) in [7, 11) is 1.63. The molecule has 0 saturated carbocycles. The molecule has 0 N–H and O–H groups in total. The first kappa shape index (κ1) is 11.4. The molecule has 0 aliphatic carbocycles.